The Morgan fingerprint density at radius 1 is 1.07 bits per heavy atom. The van der Waals surface area contributed by atoms with Gasteiger partial charge in [-0.1, -0.05) is 12.1 Å². The van der Waals surface area contributed by atoms with Crippen molar-refractivity contribution in [2.45, 2.75) is 0 Å². The van der Waals surface area contributed by atoms with E-state index in [1.807, 2.05) is 42.7 Å². The molecule has 2 aromatic rings. The van der Waals surface area contributed by atoms with Crippen LogP contribution in [-0.2, 0) is 0 Å². The van der Waals surface area contributed by atoms with Crippen LogP contribution in [0, 0.1) is 11.3 Å². The fraction of sp³-hybridized carbons (Fsp3) is 0. The van der Waals surface area contributed by atoms with Gasteiger partial charge in [0.25, 0.3) is 0 Å². The van der Waals surface area contributed by atoms with Crippen molar-refractivity contribution in [1.29, 1.82) is 5.26 Å². The van der Waals surface area contributed by atoms with Crippen molar-refractivity contribution in [2.75, 3.05) is 5.43 Å². The lowest BCUT2D eigenvalue weighted by atomic mass is 10.2. The molecule has 0 fully saturated rings. The summed E-state index contributed by atoms with van der Waals surface area (Å²) < 4.78 is 1.80. The van der Waals surface area contributed by atoms with E-state index in [2.05, 4.69) is 11.5 Å². The Morgan fingerprint density at radius 2 is 1.79 bits per heavy atom. The van der Waals surface area contributed by atoms with Gasteiger partial charge < -0.3 is 0 Å². The average Bonchev–Trinajstić information content (AvgIpc) is 2.71. The number of hydrogen-bond donors (Lipinski definition) is 1. The minimum absolute atomic E-state index is 0.640. The van der Waals surface area contributed by atoms with E-state index < -0.39 is 0 Å². The summed E-state index contributed by atoms with van der Waals surface area (Å²) in [6, 6.07) is 13.4. The lowest BCUT2D eigenvalue weighted by Gasteiger charge is -2.08. The first-order chi connectivity index (χ1) is 6.90. The zero-order valence-corrected chi connectivity index (χ0v) is 7.51. The number of nitrogens with one attached hydrogen (secondary N) is 1. The van der Waals surface area contributed by atoms with Crippen LogP contribution in [0.3, 0.4) is 0 Å². The normalized spacial score (nSPS) is 9.36. The van der Waals surface area contributed by atoms with Crippen molar-refractivity contribution in [3.63, 3.8) is 0 Å². The highest BCUT2D eigenvalue weighted by molar-refractivity contribution is 5.56. The van der Waals surface area contributed by atoms with Gasteiger partial charge in [-0.2, -0.15) is 5.26 Å². The molecule has 0 saturated heterocycles. The second-order valence-electron chi connectivity index (χ2n) is 2.86. The molecular formula is C11H9N3. The molecule has 0 radical (unpaired) electrons. The minimum atomic E-state index is 0.640. The van der Waals surface area contributed by atoms with Crippen LogP contribution in [0.5, 0.6) is 0 Å². The smallest absolute Gasteiger partial charge is 0.101 e. The van der Waals surface area contributed by atoms with Crippen molar-refractivity contribution in [3.05, 3.63) is 54.4 Å². The van der Waals surface area contributed by atoms with Crippen LogP contribution in [0.2, 0.25) is 0 Å². The Morgan fingerprint density at radius 3 is 2.50 bits per heavy atom. The number of rotatable bonds is 2. The van der Waals surface area contributed by atoms with E-state index in [0.29, 0.717) is 5.56 Å². The van der Waals surface area contributed by atoms with E-state index >= 15 is 0 Å². The molecule has 0 aliphatic heterocycles. The largest absolute Gasteiger partial charge is 0.294 e. The Labute approximate surface area is 82.2 Å². The lowest BCUT2D eigenvalue weighted by Crippen LogP contribution is -2.06. The van der Waals surface area contributed by atoms with Gasteiger partial charge in [-0.05, 0) is 24.3 Å². The van der Waals surface area contributed by atoms with Crippen LogP contribution >= 0.6 is 0 Å². The van der Waals surface area contributed by atoms with Gasteiger partial charge in [-0.25, -0.2) is 0 Å². The molecule has 1 N–H and O–H groups in total. The van der Waals surface area contributed by atoms with Gasteiger partial charge in [-0.3, -0.25) is 10.1 Å². The number of benzene rings is 1. The average molecular weight is 183 g/mol. The van der Waals surface area contributed by atoms with Crippen molar-refractivity contribution in [2.24, 2.45) is 0 Å². The van der Waals surface area contributed by atoms with E-state index in [1.54, 1.807) is 10.7 Å². The second-order valence-corrected chi connectivity index (χ2v) is 2.86. The Balaban J connectivity index is 2.30. The molecule has 3 nitrogen and oxygen atoms in total. The number of para-hydroxylation sites is 1. The van der Waals surface area contributed by atoms with Gasteiger partial charge in [0.05, 0.1) is 11.3 Å². The number of nitriles is 1. The molecule has 1 aromatic carbocycles. The molecule has 0 spiro atoms. The summed E-state index contributed by atoms with van der Waals surface area (Å²) in [5.41, 5.74) is 4.55. The molecule has 1 heterocycles. The molecule has 0 unspecified atom stereocenters. The fourth-order valence-electron chi connectivity index (χ4n) is 1.23. The number of aromatic nitrogens is 1. The van der Waals surface area contributed by atoms with Crippen LogP contribution in [-0.4, -0.2) is 4.68 Å². The summed E-state index contributed by atoms with van der Waals surface area (Å²) in [7, 11) is 0. The highest BCUT2D eigenvalue weighted by Crippen LogP contribution is 2.13. The molecule has 0 aliphatic rings. The maximum Gasteiger partial charge on any atom is 0.101 e. The predicted molar refractivity (Wildman–Crippen MR) is 54.6 cm³/mol. The Kier molecular flexibility index (Phi) is 2.20. The molecule has 0 amide bonds. The highest BCUT2D eigenvalue weighted by atomic mass is 15.4. The zero-order chi connectivity index (χ0) is 9.80. The summed E-state index contributed by atoms with van der Waals surface area (Å²) in [4.78, 5) is 0. The lowest BCUT2D eigenvalue weighted by molar-refractivity contribution is 0.969. The van der Waals surface area contributed by atoms with Crippen LogP contribution in [0.15, 0.2) is 48.8 Å². The predicted octanol–water partition coefficient (Wildman–Crippen LogP) is 2.23. The third kappa shape index (κ3) is 1.59. The quantitative estimate of drug-likeness (QED) is 0.775. The molecule has 0 atom stereocenters. The van der Waals surface area contributed by atoms with Crippen LogP contribution < -0.4 is 5.43 Å². The summed E-state index contributed by atoms with van der Waals surface area (Å²) in [6.07, 6.45) is 3.77. The third-order valence-electron chi connectivity index (χ3n) is 1.90. The molecule has 0 saturated carbocycles. The van der Waals surface area contributed by atoms with E-state index in [-0.39, 0.29) is 0 Å². The number of hydrogen-bond acceptors (Lipinski definition) is 2. The maximum atomic E-state index is 8.85. The zero-order valence-electron chi connectivity index (χ0n) is 7.51. The fourth-order valence-corrected chi connectivity index (χ4v) is 1.23. The van der Waals surface area contributed by atoms with E-state index in [0.717, 1.165) is 5.69 Å². The molecule has 68 valence electrons. The monoisotopic (exact) mass is 183 g/mol. The van der Waals surface area contributed by atoms with Crippen LogP contribution in [0.4, 0.5) is 5.69 Å². The third-order valence-corrected chi connectivity index (χ3v) is 1.90. The van der Waals surface area contributed by atoms with Crippen LogP contribution in [0.1, 0.15) is 5.56 Å². The number of nitrogens with zero attached hydrogens (tertiary/aromatic N) is 2. The molecule has 3 heteroatoms. The van der Waals surface area contributed by atoms with E-state index in [1.165, 1.54) is 0 Å². The Bertz CT molecular complexity index is 452. The van der Waals surface area contributed by atoms with Crippen LogP contribution in [0.25, 0.3) is 0 Å². The SMILES string of the molecule is N#Cc1ccccc1Nn1cccc1. The van der Waals surface area contributed by atoms with Gasteiger partial charge in [-0.15, -0.1) is 0 Å². The molecule has 14 heavy (non-hydrogen) atoms. The van der Waals surface area contributed by atoms with Gasteiger partial charge in [0.1, 0.15) is 6.07 Å². The molecule has 1 aromatic heterocycles. The summed E-state index contributed by atoms with van der Waals surface area (Å²) in [6.45, 7) is 0. The summed E-state index contributed by atoms with van der Waals surface area (Å²) in [5.74, 6) is 0. The second kappa shape index (κ2) is 3.67. The van der Waals surface area contributed by atoms with E-state index in [4.69, 9.17) is 5.26 Å². The minimum Gasteiger partial charge on any atom is -0.294 e. The van der Waals surface area contributed by atoms with Crippen molar-refractivity contribution in [3.8, 4) is 6.07 Å². The standard InChI is InChI=1S/C11H9N3/c12-9-10-5-1-2-6-11(10)13-14-7-3-4-8-14/h1-8,13H. The number of anilines is 1. The highest BCUT2D eigenvalue weighted by Gasteiger charge is 1.98. The van der Waals surface area contributed by atoms with Gasteiger partial charge in [0, 0.05) is 12.4 Å². The summed E-state index contributed by atoms with van der Waals surface area (Å²) in [5, 5.41) is 8.85. The van der Waals surface area contributed by atoms with Crippen molar-refractivity contribution >= 4 is 5.69 Å². The Hall–Kier alpha value is -2.21. The van der Waals surface area contributed by atoms with Gasteiger partial charge in [0.2, 0.25) is 0 Å². The first kappa shape index (κ1) is 8.39. The van der Waals surface area contributed by atoms with Crippen molar-refractivity contribution in [1.82, 2.24) is 4.68 Å². The van der Waals surface area contributed by atoms with E-state index in [9.17, 15) is 0 Å². The molecule has 0 bridgehead atoms. The maximum absolute atomic E-state index is 8.85. The van der Waals surface area contributed by atoms with Gasteiger partial charge in [0.15, 0.2) is 0 Å². The molecule has 2 rings (SSSR count). The molecule has 0 aliphatic carbocycles. The van der Waals surface area contributed by atoms with Crippen molar-refractivity contribution < 1.29 is 0 Å². The van der Waals surface area contributed by atoms with Gasteiger partial charge >= 0.3 is 0 Å². The first-order valence-electron chi connectivity index (χ1n) is 4.29. The topological polar surface area (TPSA) is 40.8 Å². The summed E-state index contributed by atoms with van der Waals surface area (Å²) >= 11 is 0. The first-order valence-corrected chi connectivity index (χ1v) is 4.29. The molecular weight excluding hydrogens is 174 g/mol.